The second-order valence-electron chi connectivity index (χ2n) is 8.79. The van der Waals surface area contributed by atoms with Crippen LogP contribution >= 0.6 is 0 Å². The quantitative estimate of drug-likeness (QED) is 0.123. The van der Waals surface area contributed by atoms with Crippen LogP contribution in [-0.4, -0.2) is 24.7 Å². The summed E-state index contributed by atoms with van der Waals surface area (Å²) >= 11 is 0. The minimum atomic E-state index is -0.466. The summed E-state index contributed by atoms with van der Waals surface area (Å²) in [4.78, 5) is 25.1. The van der Waals surface area contributed by atoms with Crippen LogP contribution in [0.3, 0.4) is 0 Å². The van der Waals surface area contributed by atoms with Crippen molar-refractivity contribution in [1.29, 1.82) is 0 Å². The molecule has 0 unspecified atom stereocenters. The van der Waals surface area contributed by atoms with Crippen molar-refractivity contribution in [2.45, 2.75) is 33.1 Å². The summed E-state index contributed by atoms with van der Waals surface area (Å²) in [6.45, 7) is 3.91. The van der Waals surface area contributed by atoms with Gasteiger partial charge in [-0.05, 0) is 66.4 Å². The standard InChI is InChI=1S/C31H30N2O4/c1-3-4-9-23-13-16-26(17-14-23)36-21-30(34)33-32-20-28-27-12-6-5-10-24(27)15-18-29(28)37-31(35)25-11-7-8-22(2)19-25/h5-8,10-20H,3-4,9,21H2,1-2H3,(H,33,34)/b32-20+. The largest absolute Gasteiger partial charge is 0.484 e. The molecule has 37 heavy (non-hydrogen) atoms. The summed E-state index contributed by atoms with van der Waals surface area (Å²) < 4.78 is 11.3. The number of hydrazone groups is 1. The second-order valence-corrected chi connectivity index (χ2v) is 8.79. The van der Waals surface area contributed by atoms with Crippen molar-refractivity contribution in [3.63, 3.8) is 0 Å². The number of amides is 1. The van der Waals surface area contributed by atoms with Crippen LogP contribution in [0.2, 0.25) is 0 Å². The topological polar surface area (TPSA) is 77.0 Å². The third kappa shape index (κ3) is 7.04. The van der Waals surface area contributed by atoms with Crippen LogP contribution < -0.4 is 14.9 Å². The lowest BCUT2D eigenvalue weighted by atomic mass is 10.0. The Morgan fingerprint density at radius 1 is 0.946 bits per heavy atom. The molecule has 0 radical (unpaired) electrons. The van der Waals surface area contributed by atoms with E-state index in [1.54, 1.807) is 18.2 Å². The summed E-state index contributed by atoms with van der Waals surface area (Å²) in [7, 11) is 0. The van der Waals surface area contributed by atoms with Gasteiger partial charge in [-0.15, -0.1) is 0 Å². The Morgan fingerprint density at radius 3 is 2.54 bits per heavy atom. The van der Waals surface area contributed by atoms with Crippen molar-refractivity contribution < 1.29 is 19.1 Å². The molecule has 0 heterocycles. The zero-order valence-corrected chi connectivity index (χ0v) is 21.1. The zero-order chi connectivity index (χ0) is 26.0. The molecule has 0 aromatic heterocycles. The maximum atomic E-state index is 12.8. The molecule has 0 fully saturated rings. The number of esters is 1. The van der Waals surface area contributed by atoms with Gasteiger partial charge in [-0.25, -0.2) is 10.2 Å². The van der Waals surface area contributed by atoms with Gasteiger partial charge in [0, 0.05) is 5.56 Å². The van der Waals surface area contributed by atoms with Crippen LogP contribution in [0, 0.1) is 6.92 Å². The summed E-state index contributed by atoms with van der Waals surface area (Å²) in [6, 6.07) is 26.3. The van der Waals surface area contributed by atoms with Crippen molar-refractivity contribution in [3.8, 4) is 11.5 Å². The first-order valence-electron chi connectivity index (χ1n) is 12.4. The monoisotopic (exact) mass is 494 g/mol. The Labute approximate surface area is 216 Å². The van der Waals surface area contributed by atoms with Crippen LogP contribution in [0.4, 0.5) is 0 Å². The molecule has 4 rings (SSSR count). The summed E-state index contributed by atoms with van der Waals surface area (Å²) in [5.41, 5.74) is 5.75. The van der Waals surface area contributed by atoms with E-state index >= 15 is 0 Å². The number of nitrogens with one attached hydrogen (secondary N) is 1. The van der Waals surface area contributed by atoms with Crippen molar-refractivity contribution in [3.05, 3.63) is 107 Å². The van der Waals surface area contributed by atoms with E-state index in [1.807, 2.05) is 73.7 Å². The Morgan fingerprint density at radius 2 is 1.76 bits per heavy atom. The van der Waals surface area contributed by atoms with Gasteiger partial charge in [0.25, 0.3) is 5.91 Å². The molecule has 4 aromatic carbocycles. The Bertz CT molecular complexity index is 1410. The number of rotatable bonds is 10. The Balaban J connectivity index is 1.43. The van der Waals surface area contributed by atoms with E-state index in [1.165, 1.54) is 11.8 Å². The van der Waals surface area contributed by atoms with Crippen molar-refractivity contribution in [1.82, 2.24) is 5.43 Å². The highest BCUT2D eigenvalue weighted by molar-refractivity contribution is 6.04. The van der Waals surface area contributed by atoms with Crippen LogP contribution in [-0.2, 0) is 11.2 Å². The maximum Gasteiger partial charge on any atom is 0.343 e. The molecule has 188 valence electrons. The van der Waals surface area contributed by atoms with E-state index in [4.69, 9.17) is 9.47 Å². The number of carbonyl (C=O) groups is 2. The smallest absolute Gasteiger partial charge is 0.343 e. The number of hydrogen-bond acceptors (Lipinski definition) is 5. The molecule has 0 atom stereocenters. The van der Waals surface area contributed by atoms with Gasteiger partial charge < -0.3 is 9.47 Å². The summed E-state index contributed by atoms with van der Waals surface area (Å²) in [6.07, 6.45) is 4.81. The fourth-order valence-electron chi connectivity index (χ4n) is 3.91. The third-order valence-corrected chi connectivity index (χ3v) is 5.88. The molecule has 0 saturated heterocycles. The first-order valence-corrected chi connectivity index (χ1v) is 12.4. The Kier molecular flexibility index (Phi) is 8.66. The minimum absolute atomic E-state index is 0.170. The minimum Gasteiger partial charge on any atom is -0.484 e. The molecule has 1 amide bonds. The second kappa shape index (κ2) is 12.5. The Hall–Kier alpha value is -4.45. The molecular formula is C31H30N2O4. The number of benzene rings is 4. The third-order valence-electron chi connectivity index (χ3n) is 5.88. The molecule has 0 aliphatic rings. The summed E-state index contributed by atoms with van der Waals surface area (Å²) in [5, 5.41) is 5.91. The average molecular weight is 495 g/mol. The number of ether oxygens (including phenoxy) is 2. The lowest BCUT2D eigenvalue weighted by Crippen LogP contribution is -2.24. The van der Waals surface area contributed by atoms with Gasteiger partial charge in [0.1, 0.15) is 11.5 Å². The number of carbonyl (C=O) groups excluding carboxylic acids is 2. The van der Waals surface area contributed by atoms with E-state index in [0.717, 1.165) is 35.6 Å². The van der Waals surface area contributed by atoms with Gasteiger partial charge in [-0.2, -0.15) is 5.10 Å². The molecule has 0 spiro atoms. The fraction of sp³-hybridized carbons (Fsp3) is 0.194. The predicted octanol–water partition coefficient (Wildman–Crippen LogP) is 6.24. The number of nitrogens with zero attached hydrogens (tertiary/aromatic N) is 1. The van der Waals surface area contributed by atoms with Crippen LogP contribution in [0.25, 0.3) is 10.8 Å². The van der Waals surface area contributed by atoms with Gasteiger partial charge in [-0.3, -0.25) is 4.79 Å². The van der Waals surface area contributed by atoms with E-state index in [2.05, 4.69) is 17.5 Å². The van der Waals surface area contributed by atoms with Crippen molar-refractivity contribution >= 4 is 28.9 Å². The number of unbranched alkanes of at least 4 members (excludes halogenated alkanes) is 1. The number of aryl methyl sites for hydroxylation is 2. The maximum absolute atomic E-state index is 12.8. The molecule has 0 bridgehead atoms. The zero-order valence-electron chi connectivity index (χ0n) is 21.1. The van der Waals surface area contributed by atoms with E-state index in [0.29, 0.717) is 22.6 Å². The molecule has 1 N–H and O–H groups in total. The summed E-state index contributed by atoms with van der Waals surface area (Å²) in [5.74, 6) is 0.109. The SMILES string of the molecule is CCCCc1ccc(OCC(=O)N/N=C/c2c(OC(=O)c3cccc(C)c3)ccc3ccccc23)cc1. The van der Waals surface area contributed by atoms with E-state index in [-0.39, 0.29) is 6.61 Å². The van der Waals surface area contributed by atoms with Crippen molar-refractivity contribution in [2.75, 3.05) is 6.61 Å². The molecule has 6 nitrogen and oxygen atoms in total. The predicted molar refractivity (Wildman–Crippen MR) is 146 cm³/mol. The molecule has 0 saturated carbocycles. The highest BCUT2D eigenvalue weighted by Gasteiger charge is 2.14. The lowest BCUT2D eigenvalue weighted by Gasteiger charge is -2.11. The van der Waals surface area contributed by atoms with E-state index < -0.39 is 11.9 Å². The molecule has 6 heteroatoms. The van der Waals surface area contributed by atoms with Gasteiger partial charge in [-0.1, -0.05) is 73.5 Å². The first kappa shape index (κ1) is 25.6. The van der Waals surface area contributed by atoms with Crippen LogP contribution in [0.15, 0.2) is 90.0 Å². The molecule has 0 aliphatic heterocycles. The number of hydrogen-bond donors (Lipinski definition) is 1. The van der Waals surface area contributed by atoms with Gasteiger partial charge in [0.2, 0.25) is 0 Å². The normalized spacial score (nSPS) is 11.0. The van der Waals surface area contributed by atoms with Crippen molar-refractivity contribution in [2.24, 2.45) is 5.10 Å². The average Bonchev–Trinajstić information content (AvgIpc) is 2.92. The van der Waals surface area contributed by atoms with Gasteiger partial charge >= 0.3 is 5.97 Å². The first-order chi connectivity index (χ1) is 18.0. The fourth-order valence-corrected chi connectivity index (χ4v) is 3.91. The van der Waals surface area contributed by atoms with Gasteiger partial charge in [0.15, 0.2) is 6.61 Å². The highest BCUT2D eigenvalue weighted by Crippen LogP contribution is 2.27. The van der Waals surface area contributed by atoms with E-state index in [9.17, 15) is 9.59 Å². The lowest BCUT2D eigenvalue weighted by molar-refractivity contribution is -0.123. The highest BCUT2D eigenvalue weighted by atomic mass is 16.5. The molecular weight excluding hydrogens is 464 g/mol. The number of fused-ring (bicyclic) bond motifs is 1. The van der Waals surface area contributed by atoms with Crippen LogP contribution in [0.1, 0.15) is 46.8 Å². The van der Waals surface area contributed by atoms with Crippen LogP contribution in [0.5, 0.6) is 11.5 Å². The van der Waals surface area contributed by atoms with Gasteiger partial charge in [0.05, 0.1) is 11.8 Å². The molecule has 4 aromatic rings. The molecule has 0 aliphatic carbocycles.